The lowest BCUT2D eigenvalue weighted by atomic mass is 10.1. The highest BCUT2D eigenvalue weighted by Gasteiger charge is 2.56. The van der Waals surface area contributed by atoms with Crippen molar-refractivity contribution in [3.63, 3.8) is 0 Å². The maximum atomic E-state index is 12.3. The number of amides is 1. The standard InChI is InChI=1S/C15H19N3O3/c1-21-12-7-8(14(16)18-20)5-6-11(12)17-15(19)13-9-3-2-4-10(9)13/h5-7,9-10,13,20H,2-4H2,1H3,(H2,16,18)(H,17,19). The van der Waals surface area contributed by atoms with Gasteiger partial charge in [0.2, 0.25) is 5.91 Å². The summed E-state index contributed by atoms with van der Waals surface area (Å²) in [4.78, 5) is 12.3. The van der Waals surface area contributed by atoms with Crippen molar-refractivity contribution in [1.29, 1.82) is 0 Å². The number of ether oxygens (including phenoxy) is 1. The fraction of sp³-hybridized carbons (Fsp3) is 0.467. The van der Waals surface area contributed by atoms with E-state index in [1.165, 1.54) is 26.4 Å². The summed E-state index contributed by atoms with van der Waals surface area (Å²) in [7, 11) is 1.52. The number of nitrogens with one attached hydrogen (secondary N) is 1. The zero-order valence-electron chi connectivity index (χ0n) is 11.9. The smallest absolute Gasteiger partial charge is 0.228 e. The van der Waals surface area contributed by atoms with Crippen LogP contribution in [0.4, 0.5) is 5.69 Å². The second kappa shape index (κ2) is 5.27. The summed E-state index contributed by atoms with van der Waals surface area (Å²) < 4.78 is 5.27. The Morgan fingerprint density at radius 3 is 2.76 bits per heavy atom. The molecule has 0 bridgehead atoms. The van der Waals surface area contributed by atoms with Gasteiger partial charge in [-0.3, -0.25) is 4.79 Å². The van der Waals surface area contributed by atoms with Gasteiger partial charge >= 0.3 is 0 Å². The second-order valence-electron chi connectivity index (χ2n) is 5.67. The SMILES string of the molecule is COc1cc(/C(N)=N/O)ccc1NC(=O)C1C2CCCC21. The normalized spacial score (nSPS) is 27.1. The minimum absolute atomic E-state index is 0.00269. The molecule has 0 spiro atoms. The van der Waals surface area contributed by atoms with Gasteiger partial charge in [0.1, 0.15) is 5.75 Å². The van der Waals surface area contributed by atoms with Gasteiger partial charge in [0, 0.05) is 11.5 Å². The number of hydrogen-bond acceptors (Lipinski definition) is 4. The van der Waals surface area contributed by atoms with E-state index in [-0.39, 0.29) is 17.7 Å². The predicted octanol–water partition coefficient (Wildman–Crippen LogP) is 1.77. The largest absolute Gasteiger partial charge is 0.495 e. The molecular weight excluding hydrogens is 270 g/mol. The molecule has 21 heavy (non-hydrogen) atoms. The van der Waals surface area contributed by atoms with Crippen LogP contribution in [-0.2, 0) is 4.79 Å². The highest BCUT2D eigenvalue weighted by Crippen LogP contribution is 2.57. The molecule has 2 aliphatic rings. The zero-order valence-corrected chi connectivity index (χ0v) is 11.9. The molecular formula is C15H19N3O3. The monoisotopic (exact) mass is 289 g/mol. The maximum absolute atomic E-state index is 12.3. The first-order valence-corrected chi connectivity index (χ1v) is 7.12. The summed E-state index contributed by atoms with van der Waals surface area (Å²) in [6, 6.07) is 5.03. The number of anilines is 1. The number of nitrogens with zero attached hydrogens (tertiary/aromatic N) is 1. The van der Waals surface area contributed by atoms with Gasteiger partial charge in [-0.1, -0.05) is 11.6 Å². The van der Waals surface area contributed by atoms with Gasteiger partial charge in [0.05, 0.1) is 12.8 Å². The second-order valence-corrected chi connectivity index (χ2v) is 5.67. The summed E-state index contributed by atoms with van der Waals surface area (Å²) in [6.45, 7) is 0. The molecule has 2 aliphatic carbocycles. The minimum atomic E-state index is 0.00269. The van der Waals surface area contributed by atoms with Crippen molar-refractivity contribution in [3.8, 4) is 5.75 Å². The first-order valence-electron chi connectivity index (χ1n) is 7.12. The average molecular weight is 289 g/mol. The van der Waals surface area contributed by atoms with Crippen molar-refractivity contribution in [2.45, 2.75) is 19.3 Å². The van der Waals surface area contributed by atoms with E-state index >= 15 is 0 Å². The minimum Gasteiger partial charge on any atom is -0.495 e. The van der Waals surface area contributed by atoms with Gasteiger partial charge in [-0.15, -0.1) is 0 Å². The van der Waals surface area contributed by atoms with Crippen LogP contribution in [0.25, 0.3) is 0 Å². The van der Waals surface area contributed by atoms with Crippen LogP contribution in [-0.4, -0.2) is 24.1 Å². The van der Waals surface area contributed by atoms with Crippen LogP contribution < -0.4 is 15.8 Å². The molecule has 4 N–H and O–H groups in total. The first-order chi connectivity index (χ1) is 10.2. The molecule has 0 saturated heterocycles. The number of hydrogen-bond donors (Lipinski definition) is 3. The van der Waals surface area contributed by atoms with Gasteiger partial charge < -0.3 is 21.0 Å². The Balaban J connectivity index is 1.74. The van der Waals surface area contributed by atoms with Crippen LogP contribution >= 0.6 is 0 Å². The Kier molecular flexibility index (Phi) is 3.45. The molecule has 6 heteroatoms. The molecule has 0 heterocycles. The van der Waals surface area contributed by atoms with Gasteiger partial charge in [0.15, 0.2) is 5.84 Å². The van der Waals surface area contributed by atoms with Crippen LogP contribution in [0.2, 0.25) is 0 Å². The van der Waals surface area contributed by atoms with E-state index in [9.17, 15) is 4.79 Å². The van der Waals surface area contributed by atoms with Gasteiger partial charge in [-0.05, 0) is 42.9 Å². The third kappa shape index (κ3) is 2.41. The molecule has 1 aromatic carbocycles. The molecule has 0 aliphatic heterocycles. The molecule has 6 nitrogen and oxygen atoms in total. The lowest BCUT2D eigenvalue weighted by molar-refractivity contribution is -0.118. The van der Waals surface area contributed by atoms with Crippen LogP contribution in [0.1, 0.15) is 24.8 Å². The summed E-state index contributed by atoms with van der Waals surface area (Å²) in [6.07, 6.45) is 3.58. The molecule has 2 fully saturated rings. The number of methoxy groups -OCH3 is 1. The number of nitrogens with two attached hydrogens (primary N) is 1. The van der Waals surface area contributed by atoms with Gasteiger partial charge in [0.25, 0.3) is 0 Å². The quantitative estimate of drug-likeness (QED) is 0.340. The van der Waals surface area contributed by atoms with Gasteiger partial charge in [-0.25, -0.2) is 0 Å². The predicted molar refractivity (Wildman–Crippen MR) is 78.5 cm³/mol. The van der Waals surface area contributed by atoms with Crippen molar-refractivity contribution in [1.82, 2.24) is 0 Å². The lowest BCUT2D eigenvalue weighted by Gasteiger charge is -2.12. The molecule has 2 atom stereocenters. The van der Waals surface area contributed by atoms with E-state index in [0.29, 0.717) is 28.8 Å². The fourth-order valence-corrected chi connectivity index (χ4v) is 3.44. The maximum Gasteiger partial charge on any atom is 0.228 e. The number of benzene rings is 1. The molecule has 0 aromatic heterocycles. The van der Waals surface area contributed by atoms with E-state index < -0.39 is 0 Å². The van der Waals surface area contributed by atoms with Crippen LogP contribution in [0.3, 0.4) is 0 Å². The summed E-state index contributed by atoms with van der Waals surface area (Å²) in [5.74, 6) is 1.88. The number of carbonyl (C=O) groups is 1. The molecule has 2 unspecified atom stereocenters. The molecule has 112 valence electrons. The Labute approximate surface area is 123 Å². The highest BCUT2D eigenvalue weighted by atomic mass is 16.5. The first kappa shape index (κ1) is 13.7. The number of rotatable bonds is 4. The summed E-state index contributed by atoms with van der Waals surface area (Å²) in [5, 5.41) is 14.6. The van der Waals surface area contributed by atoms with E-state index in [1.54, 1.807) is 18.2 Å². The number of amidine groups is 1. The Morgan fingerprint density at radius 1 is 1.43 bits per heavy atom. The lowest BCUT2D eigenvalue weighted by Crippen LogP contribution is -2.18. The topological polar surface area (TPSA) is 96.9 Å². The van der Waals surface area contributed by atoms with E-state index in [1.807, 2.05) is 0 Å². The van der Waals surface area contributed by atoms with Gasteiger partial charge in [-0.2, -0.15) is 0 Å². The van der Waals surface area contributed by atoms with E-state index in [4.69, 9.17) is 15.7 Å². The van der Waals surface area contributed by atoms with Crippen molar-refractivity contribution < 1.29 is 14.7 Å². The van der Waals surface area contributed by atoms with Crippen LogP contribution in [0.5, 0.6) is 5.75 Å². The summed E-state index contributed by atoms with van der Waals surface area (Å²) >= 11 is 0. The number of fused-ring (bicyclic) bond motifs is 1. The number of oxime groups is 1. The van der Waals surface area contributed by atoms with E-state index in [2.05, 4.69) is 10.5 Å². The third-order valence-electron chi connectivity index (χ3n) is 4.57. The number of carbonyl (C=O) groups excluding carboxylic acids is 1. The van der Waals surface area contributed by atoms with Crippen molar-refractivity contribution in [3.05, 3.63) is 23.8 Å². The molecule has 2 saturated carbocycles. The van der Waals surface area contributed by atoms with Crippen molar-refractivity contribution in [2.75, 3.05) is 12.4 Å². The van der Waals surface area contributed by atoms with Crippen molar-refractivity contribution in [2.24, 2.45) is 28.6 Å². The Morgan fingerprint density at radius 2 is 2.14 bits per heavy atom. The zero-order chi connectivity index (χ0) is 15.0. The molecule has 3 rings (SSSR count). The molecule has 1 aromatic rings. The third-order valence-corrected chi connectivity index (χ3v) is 4.57. The Bertz CT molecular complexity index is 590. The Hall–Kier alpha value is -2.24. The summed E-state index contributed by atoms with van der Waals surface area (Å²) in [5.41, 5.74) is 6.70. The highest BCUT2D eigenvalue weighted by molar-refractivity contribution is 6.00. The molecule has 0 radical (unpaired) electrons. The van der Waals surface area contributed by atoms with E-state index in [0.717, 1.165) is 0 Å². The average Bonchev–Trinajstić information content (AvgIpc) is 3.00. The molecule has 1 amide bonds. The van der Waals surface area contributed by atoms with Crippen molar-refractivity contribution >= 4 is 17.4 Å². The van der Waals surface area contributed by atoms with Crippen LogP contribution in [0, 0.1) is 17.8 Å². The van der Waals surface area contributed by atoms with Crippen LogP contribution in [0.15, 0.2) is 23.4 Å². The fourth-order valence-electron chi connectivity index (χ4n) is 3.44.